The molecule has 34 heavy (non-hydrogen) atoms. The Morgan fingerprint density at radius 2 is 1.79 bits per heavy atom. The predicted molar refractivity (Wildman–Crippen MR) is 125 cm³/mol. The zero-order valence-electron chi connectivity index (χ0n) is 18.0. The van der Waals surface area contributed by atoms with Crippen molar-refractivity contribution in [2.24, 2.45) is 9.98 Å². The number of halogens is 1. The molecule has 3 heterocycles. The number of rotatable bonds is 1. The number of hydrazine groups is 1. The topological polar surface area (TPSA) is 95.4 Å². The summed E-state index contributed by atoms with van der Waals surface area (Å²) in [4.78, 5) is 41.3. The second-order valence-electron chi connectivity index (χ2n) is 8.29. The number of amides is 1. The third-order valence-corrected chi connectivity index (χ3v) is 6.61. The van der Waals surface area contributed by atoms with E-state index in [9.17, 15) is 9.59 Å². The Morgan fingerprint density at radius 3 is 2.62 bits per heavy atom. The van der Waals surface area contributed by atoms with Crippen LogP contribution >= 0.6 is 11.6 Å². The molecule has 3 aliphatic rings. The van der Waals surface area contributed by atoms with E-state index in [0.717, 1.165) is 11.1 Å². The van der Waals surface area contributed by atoms with Crippen molar-refractivity contribution >= 4 is 34.9 Å². The summed E-state index contributed by atoms with van der Waals surface area (Å²) in [6, 6.07) is 20.1. The minimum atomic E-state index is -1.28. The van der Waals surface area contributed by atoms with Crippen molar-refractivity contribution < 1.29 is 14.4 Å². The smallest absolute Gasteiger partial charge is 0.345 e. The highest BCUT2D eigenvalue weighted by atomic mass is 35.5. The first kappa shape index (κ1) is 20.6. The van der Waals surface area contributed by atoms with Gasteiger partial charge < -0.3 is 10.2 Å². The zero-order valence-corrected chi connectivity index (χ0v) is 18.8. The van der Waals surface area contributed by atoms with E-state index in [1.807, 2.05) is 61.5 Å². The van der Waals surface area contributed by atoms with Crippen molar-refractivity contribution in [3.05, 3.63) is 105 Å². The number of hydrogen-bond acceptors (Lipinski definition) is 7. The third-order valence-electron chi connectivity index (χ3n) is 6.20. The summed E-state index contributed by atoms with van der Waals surface area (Å²) in [6.07, 6.45) is 0.0622. The summed E-state index contributed by atoms with van der Waals surface area (Å²) in [5.41, 5.74) is 4.82. The van der Waals surface area contributed by atoms with Gasteiger partial charge in [-0.25, -0.2) is 14.8 Å². The van der Waals surface area contributed by atoms with Crippen molar-refractivity contribution in [1.29, 1.82) is 0 Å². The molecule has 0 saturated carbocycles. The van der Waals surface area contributed by atoms with Crippen LogP contribution in [-0.2, 0) is 20.0 Å². The second-order valence-corrected chi connectivity index (χ2v) is 8.70. The summed E-state index contributed by atoms with van der Waals surface area (Å²) < 4.78 is 0. The first-order valence-corrected chi connectivity index (χ1v) is 11.0. The van der Waals surface area contributed by atoms with E-state index >= 15 is 0 Å². The molecule has 6 rings (SSSR count). The summed E-state index contributed by atoms with van der Waals surface area (Å²) >= 11 is 6.34. The molecule has 168 valence electrons. The fourth-order valence-corrected chi connectivity index (χ4v) is 4.65. The molecular weight excluding hydrogens is 454 g/mol. The summed E-state index contributed by atoms with van der Waals surface area (Å²) in [5, 5.41) is 6.09. The standard InChI is InChI=1S/C25H18ClN5O3/c1-14-10-11-15(12-17(14)26)31-22(23(32)34-30-31)21-13-25(29-20-9-5-4-8-19(20)27-21)16-6-2-3-7-18(16)28-24(25)33/h2-12,30H,13H2,1H3,(H,28,33)/b22-21-. The number of fused-ring (bicyclic) bond motifs is 3. The summed E-state index contributed by atoms with van der Waals surface area (Å²) in [6.45, 7) is 1.89. The predicted octanol–water partition coefficient (Wildman–Crippen LogP) is 2.83. The second kappa shape index (κ2) is 7.51. The SMILES string of the molecule is Cc1ccc(N2NOC(=O)/C2=C2\CC3(N=c4ccccc4=N2)C(=O)Nc2ccccc23)cc1Cl. The van der Waals surface area contributed by atoms with Gasteiger partial charge in [0.25, 0.3) is 5.91 Å². The molecule has 0 aromatic heterocycles. The molecule has 0 bridgehead atoms. The lowest BCUT2D eigenvalue weighted by molar-refractivity contribution is -0.140. The van der Waals surface area contributed by atoms with Crippen LogP contribution < -0.4 is 26.6 Å². The van der Waals surface area contributed by atoms with Crippen LogP contribution in [-0.4, -0.2) is 11.9 Å². The van der Waals surface area contributed by atoms with Gasteiger partial charge in [-0.3, -0.25) is 9.79 Å². The average molecular weight is 472 g/mol. The highest BCUT2D eigenvalue weighted by molar-refractivity contribution is 6.31. The Labute approximate surface area is 199 Å². The molecule has 3 aromatic rings. The number of aryl methyl sites for hydroxylation is 1. The molecule has 1 saturated heterocycles. The maximum absolute atomic E-state index is 13.4. The quantitative estimate of drug-likeness (QED) is 0.532. The Morgan fingerprint density at radius 1 is 1.03 bits per heavy atom. The number of carbonyl (C=O) groups is 2. The van der Waals surface area contributed by atoms with Gasteiger partial charge in [0, 0.05) is 22.7 Å². The van der Waals surface area contributed by atoms with Crippen LogP contribution in [0.4, 0.5) is 11.4 Å². The maximum Gasteiger partial charge on any atom is 0.378 e. The lowest BCUT2D eigenvalue weighted by Crippen LogP contribution is -2.36. The van der Waals surface area contributed by atoms with Crippen molar-refractivity contribution in [2.45, 2.75) is 18.9 Å². The Bertz CT molecular complexity index is 1550. The average Bonchev–Trinajstić information content (AvgIpc) is 3.27. The maximum atomic E-state index is 13.4. The van der Waals surface area contributed by atoms with Gasteiger partial charge in [0.2, 0.25) is 0 Å². The van der Waals surface area contributed by atoms with Crippen LogP contribution in [0, 0.1) is 6.92 Å². The van der Waals surface area contributed by atoms with Gasteiger partial charge >= 0.3 is 5.97 Å². The monoisotopic (exact) mass is 471 g/mol. The molecular formula is C25H18ClN5O3. The van der Waals surface area contributed by atoms with Gasteiger partial charge in [-0.15, -0.1) is 0 Å². The van der Waals surface area contributed by atoms with E-state index in [-0.39, 0.29) is 18.0 Å². The number of nitrogens with one attached hydrogen (secondary N) is 2. The number of anilines is 2. The molecule has 1 atom stereocenters. The minimum Gasteiger partial charge on any atom is -0.345 e. The van der Waals surface area contributed by atoms with Crippen molar-refractivity contribution in [2.75, 3.05) is 10.3 Å². The highest BCUT2D eigenvalue weighted by Crippen LogP contribution is 2.44. The van der Waals surface area contributed by atoms with Crippen LogP contribution in [0.2, 0.25) is 5.02 Å². The van der Waals surface area contributed by atoms with E-state index in [1.165, 1.54) is 5.01 Å². The fraction of sp³-hybridized carbons (Fsp3) is 0.120. The third kappa shape index (κ3) is 3.03. The lowest BCUT2D eigenvalue weighted by Gasteiger charge is -2.24. The van der Waals surface area contributed by atoms with E-state index in [2.05, 4.69) is 10.9 Å². The Kier molecular flexibility index (Phi) is 4.55. The van der Waals surface area contributed by atoms with Gasteiger partial charge in [-0.1, -0.05) is 53.6 Å². The van der Waals surface area contributed by atoms with Crippen molar-refractivity contribution in [3.8, 4) is 0 Å². The van der Waals surface area contributed by atoms with Crippen molar-refractivity contribution in [1.82, 2.24) is 5.59 Å². The normalized spacial score (nSPS) is 22.9. The fourth-order valence-electron chi connectivity index (χ4n) is 4.47. The number of hydrogen-bond donors (Lipinski definition) is 2. The minimum absolute atomic E-state index is 0.0622. The van der Waals surface area contributed by atoms with Gasteiger partial charge in [0.15, 0.2) is 11.2 Å². The first-order chi connectivity index (χ1) is 16.5. The molecule has 8 nitrogen and oxygen atoms in total. The molecule has 0 aliphatic carbocycles. The molecule has 1 unspecified atom stereocenters. The van der Waals surface area contributed by atoms with E-state index in [0.29, 0.717) is 32.8 Å². The summed E-state index contributed by atoms with van der Waals surface area (Å²) in [7, 11) is 0. The number of para-hydroxylation sites is 3. The first-order valence-electron chi connectivity index (χ1n) is 10.7. The van der Waals surface area contributed by atoms with Crippen LogP contribution in [0.3, 0.4) is 0 Å². The highest BCUT2D eigenvalue weighted by Gasteiger charge is 2.49. The van der Waals surface area contributed by atoms with E-state index in [1.54, 1.807) is 12.1 Å². The lowest BCUT2D eigenvalue weighted by atomic mass is 9.86. The van der Waals surface area contributed by atoms with Crippen molar-refractivity contribution in [3.63, 3.8) is 0 Å². The van der Waals surface area contributed by atoms with Gasteiger partial charge in [0.05, 0.1) is 22.1 Å². The molecule has 2 N–H and O–H groups in total. The number of carbonyl (C=O) groups excluding carboxylic acids is 2. The number of nitrogens with zero attached hydrogens (tertiary/aromatic N) is 3. The largest absolute Gasteiger partial charge is 0.378 e. The van der Waals surface area contributed by atoms with Gasteiger partial charge in [0.1, 0.15) is 0 Å². The molecule has 3 aliphatic heterocycles. The zero-order chi connectivity index (χ0) is 23.4. The molecule has 1 fully saturated rings. The molecule has 1 amide bonds. The molecule has 1 spiro atoms. The van der Waals surface area contributed by atoms with E-state index < -0.39 is 11.5 Å². The van der Waals surface area contributed by atoms with Crippen LogP contribution in [0.15, 0.2) is 88.1 Å². The Balaban J connectivity index is 1.63. The van der Waals surface area contributed by atoms with Gasteiger partial charge in [-0.2, -0.15) is 0 Å². The Hall–Kier alpha value is -4.01. The molecule has 9 heteroatoms. The summed E-state index contributed by atoms with van der Waals surface area (Å²) in [5.74, 6) is -0.889. The molecule has 3 aromatic carbocycles. The molecule has 0 radical (unpaired) electrons. The van der Waals surface area contributed by atoms with Gasteiger partial charge in [-0.05, 0) is 42.8 Å². The van der Waals surface area contributed by atoms with Crippen LogP contribution in [0.1, 0.15) is 17.5 Å². The van der Waals surface area contributed by atoms with E-state index in [4.69, 9.17) is 26.4 Å². The van der Waals surface area contributed by atoms with Crippen LogP contribution in [0.5, 0.6) is 0 Å². The number of benzene rings is 3. The van der Waals surface area contributed by atoms with Crippen LogP contribution in [0.25, 0.3) is 0 Å².